The van der Waals surface area contributed by atoms with Gasteiger partial charge in [-0.15, -0.1) is 0 Å². The van der Waals surface area contributed by atoms with E-state index in [4.69, 9.17) is 9.84 Å². The van der Waals surface area contributed by atoms with Crippen molar-refractivity contribution < 1.29 is 19.4 Å². The van der Waals surface area contributed by atoms with E-state index in [0.29, 0.717) is 6.54 Å². The molecule has 2 saturated carbocycles. The Morgan fingerprint density at radius 3 is 2.59 bits per heavy atom. The van der Waals surface area contributed by atoms with Crippen molar-refractivity contribution in [2.75, 3.05) is 20.2 Å². The molecule has 22 heavy (non-hydrogen) atoms. The molecule has 2 aliphatic carbocycles. The molecule has 2 amide bonds. The van der Waals surface area contributed by atoms with Crippen LogP contribution in [0.4, 0.5) is 4.79 Å². The molecule has 2 aliphatic rings. The van der Waals surface area contributed by atoms with Crippen LogP contribution in [0.3, 0.4) is 0 Å². The van der Waals surface area contributed by atoms with Crippen LogP contribution in [0.25, 0.3) is 0 Å². The van der Waals surface area contributed by atoms with Crippen LogP contribution in [-0.4, -0.2) is 66.4 Å². The first-order valence-electron chi connectivity index (χ1n) is 8.09. The van der Waals surface area contributed by atoms with E-state index in [9.17, 15) is 9.59 Å². The average molecular weight is 313 g/mol. The zero-order chi connectivity index (χ0) is 16.1. The SMILES string of the molecule is CCN(CC(=O)O)C1CC(NC(=O)N[C@@H]2CCC[C@H]2OC)C1. The second-order valence-corrected chi connectivity index (χ2v) is 6.21. The maximum absolute atomic E-state index is 12.0. The van der Waals surface area contributed by atoms with Crippen molar-refractivity contribution >= 4 is 12.0 Å². The third-order valence-corrected chi connectivity index (χ3v) is 4.78. The lowest BCUT2D eigenvalue weighted by Crippen LogP contribution is -2.57. The van der Waals surface area contributed by atoms with Gasteiger partial charge in [0.1, 0.15) is 0 Å². The Hall–Kier alpha value is -1.34. The average Bonchev–Trinajstić information content (AvgIpc) is 2.87. The van der Waals surface area contributed by atoms with Gasteiger partial charge in [-0.25, -0.2) is 4.79 Å². The molecule has 7 heteroatoms. The summed E-state index contributed by atoms with van der Waals surface area (Å²) >= 11 is 0. The van der Waals surface area contributed by atoms with Crippen LogP contribution in [0.2, 0.25) is 0 Å². The molecule has 0 aromatic rings. The lowest BCUT2D eigenvalue weighted by atomic mass is 9.85. The predicted octanol–water partition coefficient (Wildman–Crippen LogP) is 0.791. The van der Waals surface area contributed by atoms with E-state index in [2.05, 4.69) is 10.6 Å². The van der Waals surface area contributed by atoms with Gasteiger partial charge in [0.15, 0.2) is 0 Å². The number of carbonyl (C=O) groups excluding carboxylic acids is 1. The standard InChI is InChI=1S/C15H27N3O4/c1-3-18(9-14(19)20)11-7-10(8-11)16-15(21)17-12-5-4-6-13(12)22-2/h10-13H,3-9H2,1-2H3,(H,19,20)(H2,16,17,21)/t10?,11?,12-,13-/m1/s1. The van der Waals surface area contributed by atoms with Gasteiger partial charge in [0.25, 0.3) is 0 Å². The molecule has 0 aliphatic heterocycles. The molecule has 2 rings (SSSR count). The van der Waals surface area contributed by atoms with Crippen LogP contribution in [-0.2, 0) is 9.53 Å². The fraction of sp³-hybridized carbons (Fsp3) is 0.867. The van der Waals surface area contributed by atoms with E-state index < -0.39 is 5.97 Å². The molecule has 126 valence electrons. The molecular weight excluding hydrogens is 286 g/mol. The number of ether oxygens (including phenoxy) is 1. The van der Waals surface area contributed by atoms with Gasteiger partial charge in [-0.3, -0.25) is 9.69 Å². The smallest absolute Gasteiger partial charge is 0.317 e. The molecule has 3 N–H and O–H groups in total. The summed E-state index contributed by atoms with van der Waals surface area (Å²) in [4.78, 5) is 24.7. The normalized spacial score (nSPS) is 30.9. The quantitative estimate of drug-likeness (QED) is 0.646. The molecule has 0 unspecified atom stereocenters. The highest BCUT2D eigenvalue weighted by atomic mass is 16.5. The Balaban J connectivity index is 1.68. The number of carbonyl (C=O) groups is 2. The number of urea groups is 1. The first-order valence-corrected chi connectivity index (χ1v) is 8.09. The van der Waals surface area contributed by atoms with E-state index in [1.807, 2.05) is 11.8 Å². The van der Waals surface area contributed by atoms with Crippen molar-refractivity contribution in [1.29, 1.82) is 0 Å². The Labute approximate surface area is 131 Å². The molecule has 0 heterocycles. The summed E-state index contributed by atoms with van der Waals surface area (Å²) in [6.45, 7) is 2.74. The predicted molar refractivity (Wildman–Crippen MR) is 81.8 cm³/mol. The van der Waals surface area contributed by atoms with E-state index in [0.717, 1.165) is 32.1 Å². The minimum atomic E-state index is -0.803. The Kier molecular flexibility index (Phi) is 6.02. The summed E-state index contributed by atoms with van der Waals surface area (Å²) < 4.78 is 5.37. The number of likely N-dealkylation sites (N-methyl/N-ethyl adjacent to an activating group) is 1. The minimum absolute atomic E-state index is 0.0671. The van der Waals surface area contributed by atoms with Crippen LogP contribution in [0, 0.1) is 0 Å². The molecule has 0 aromatic carbocycles. The molecule has 0 bridgehead atoms. The molecule has 7 nitrogen and oxygen atoms in total. The lowest BCUT2D eigenvalue weighted by molar-refractivity contribution is -0.139. The molecular formula is C15H27N3O4. The summed E-state index contributed by atoms with van der Waals surface area (Å²) in [7, 11) is 1.68. The zero-order valence-electron chi connectivity index (χ0n) is 13.4. The van der Waals surface area contributed by atoms with Gasteiger partial charge in [-0.1, -0.05) is 6.92 Å². The Bertz CT molecular complexity index is 398. The van der Waals surface area contributed by atoms with Crippen LogP contribution in [0.1, 0.15) is 39.0 Å². The van der Waals surface area contributed by atoms with Crippen molar-refractivity contribution in [3.8, 4) is 0 Å². The minimum Gasteiger partial charge on any atom is -0.480 e. The van der Waals surface area contributed by atoms with Crippen LogP contribution < -0.4 is 10.6 Å². The monoisotopic (exact) mass is 313 g/mol. The number of nitrogens with one attached hydrogen (secondary N) is 2. The summed E-state index contributed by atoms with van der Waals surface area (Å²) in [6, 6.07) is 0.346. The lowest BCUT2D eigenvalue weighted by Gasteiger charge is -2.42. The van der Waals surface area contributed by atoms with E-state index in [1.54, 1.807) is 7.11 Å². The number of carboxylic acid groups (broad SMARTS) is 1. The van der Waals surface area contributed by atoms with Crippen molar-refractivity contribution in [3.05, 3.63) is 0 Å². The van der Waals surface area contributed by atoms with Gasteiger partial charge >= 0.3 is 12.0 Å². The van der Waals surface area contributed by atoms with Gasteiger partial charge in [0.2, 0.25) is 0 Å². The molecule has 0 radical (unpaired) electrons. The molecule has 0 saturated heterocycles. The van der Waals surface area contributed by atoms with Crippen molar-refractivity contribution in [1.82, 2.24) is 15.5 Å². The highest BCUT2D eigenvalue weighted by Crippen LogP contribution is 2.26. The van der Waals surface area contributed by atoms with Gasteiger partial charge in [0.05, 0.1) is 18.7 Å². The number of methoxy groups -OCH3 is 1. The first kappa shape index (κ1) is 17.0. The second-order valence-electron chi connectivity index (χ2n) is 6.21. The van der Waals surface area contributed by atoms with Crippen molar-refractivity contribution in [2.24, 2.45) is 0 Å². The van der Waals surface area contributed by atoms with E-state index >= 15 is 0 Å². The van der Waals surface area contributed by atoms with E-state index in [-0.39, 0.29) is 36.8 Å². The topological polar surface area (TPSA) is 90.9 Å². The fourth-order valence-electron chi connectivity index (χ4n) is 3.45. The maximum Gasteiger partial charge on any atom is 0.317 e. The number of rotatable bonds is 7. The number of nitrogens with zero attached hydrogens (tertiary/aromatic N) is 1. The van der Waals surface area contributed by atoms with Gasteiger partial charge in [-0.05, 0) is 38.6 Å². The van der Waals surface area contributed by atoms with Gasteiger partial charge in [0, 0.05) is 19.2 Å². The number of carboxylic acids is 1. The summed E-state index contributed by atoms with van der Waals surface area (Å²) in [6.07, 6.45) is 4.77. The largest absolute Gasteiger partial charge is 0.480 e. The highest BCUT2D eigenvalue weighted by molar-refractivity contribution is 5.75. The van der Waals surface area contributed by atoms with Gasteiger partial charge < -0.3 is 20.5 Å². The second kappa shape index (κ2) is 7.78. The number of amides is 2. The summed E-state index contributed by atoms with van der Waals surface area (Å²) in [5.41, 5.74) is 0. The molecule has 2 atom stereocenters. The number of hydrogen-bond acceptors (Lipinski definition) is 4. The fourth-order valence-corrected chi connectivity index (χ4v) is 3.45. The Morgan fingerprint density at radius 2 is 2.00 bits per heavy atom. The molecule has 0 spiro atoms. The van der Waals surface area contributed by atoms with Crippen LogP contribution in [0.15, 0.2) is 0 Å². The highest BCUT2D eigenvalue weighted by Gasteiger charge is 2.35. The third-order valence-electron chi connectivity index (χ3n) is 4.78. The summed E-state index contributed by atoms with van der Waals surface area (Å²) in [5, 5.41) is 14.8. The van der Waals surface area contributed by atoms with Crippen molar-refractivity contribution in [3.63, 3.8) is 0 Å². The number of hydrogen-bond donors (Lipinski definition) is 3. The zero-order valence-corrected chi connectivity index (χ0v) is 13.4. The summed E-state index contributed by atoms with van der Waals surface area (Å²) in [5.74, 6) is -0.803. The molecule has 2 fully saturated rings. The first-order chi connectivity index (χ1) is 10.5. The third kappa shape index (κ3) is 4.33. The maximum atomic E-state index is 12.0. The van der Waals surface area contributed by atoms with E-state index in [1.165, 1.54) is 0 Å². The van der Waals surface area contributed by atoms with Gasteiger partial charge in [-0.2, -0.15) is 0 Å². The Morgan fingerprint density at radius 1 is 1.27 bits per heavy atom. The number of aliphatic carboxylic acids is 1. The van der Waals surface area contributed by atoms with Crippen LogP contribution in [0.5, 0.6) is 0 Å². The van der Waals surface area contributed by atoms with Crippen molar-refractivity contribution in [2.45, 2.75) is 63.3 Å². The van der Waals surface area contributed by atoms with Crippen LogP contribution >= 0.6 is 0 Å². The molecule has 0 aromatic heterocycles.